The molecule has 3 aromatic rings. The van der Waals surface area contributed by atoms with Crippen LogP contribution < -0.4 is 24.8 Å². The number of aromatic nitrogens is 1. The first-order chi connectivity index (χ1) is 11.1. The molecule has 0 N–H and O–H groups in total. The Hall–Kier alpha value is -1.89. The lowest BCUT2D eigenvalue weighted by molar-refractivity contribution is 0.355. The molecule has 0 amide bonds. The lowest BCUT2D eigenvalue weighted by Gasteiger charge is -2.14. The molecule has 0 fully saturated rings. The molecule has 0 spiro atoms. The summed E-state index contributed by atoms with van der Waals surface area (Å²) in [5.41, 5.74) is 0.784. The second kappa shape index (κ2) is 6.70. The molecule has 6 heteroatoms. The number of fused-ring (bicyclic) bond motifs is 1. The normalized spacial score (nSPS) is 10.6. The lowest BCUT2D eigenvalue weighted by atomic mass is 10.2. The van der Waals surface area contributed by atoms with Crippen molar-refractivity contribution in [2.75, 3.05) is 14.2 Å². The van der Waals surface area contributed by atoms with Crippen molar-refractivity contribution in [3.05, 3.63) is 42.6 Å². The molecule has 0 aliphatic carbocycles. The van der Waals surface area contributed by atoms with Gasteiger partial charge in [0.05, 0.1) is 19.7 Å². The molecule has 0 aliphatic rings. The summed E-state index contributed by atoms with van der Waals surface area (Å²) in [6, 6.07) is 11.5. The van der Waals surface area contributed by atoms with Crippen LogP contribution in [0.2, 0.25) is 0 Å². The van der Waals surface area contributed by atoms with Crippen molar-refractivity contribution in [3.63, 3.8) is 0 Å². The Morgan fingerprint density at radius 1 is 0.870 bits per heavy atom. The van der Waals surface area contributed by atoms with Crippen LogP contribution in [0.4, 0.5) is 0 Å². The highest BCUT2D eigenvalue weighted by molar-refractivity contribution is 7.30. The zero-order valence-electron chi connectivity index (χ0n) is 12.9. The van der Waals surface area contributed by atoms with Crippen molar-refractivity contribution in [1.29, 1.82) is 0 Å². The predicted molar refractivity (Wildman–Crippen MR) is 100 cm³/mol. The minimum absolute atomic E-state index is 0.642. The van der Waals surface area contributed by atoms with Gasteiger partial charge >= 0.3 is 0 Å². The van der Waals surface area contributed by atoms with Crippen LogP contribution in [0.1, 0.15) is 0 Å². The Morgan fingerprint density at radius 3 is 2.17 bits per heavy atom. The molecule has 0 radical (unpaired) electrons. The van der Waals surface area contributed by atoms with Gasteiger partial charge in [-0.3, -0.25) is 4.98 Å². The Balaban J connectivity index is 2.14. The fourth-order valence-electron chi connectivity index (χ4n) is 2.34. The fourth-order valence-corrected chi connectivity index (χ4v) is 3.18. The van der Waals surface area contributed by atoms with Crippen molar-refractivity contribution in [3.8, 4) is 23.0 Å². The van der Waals surface area contributed by atoms with E-state index in [-0.39, 0.29) is 0 Å². The monoisotopic (exact) mass is 345 g/mol. The van der Waals surface area contributed by atoms with Gasteiger partial charge < -0.3 is 14.2 Å². The quantitative estimate of drug-likeness (QED) is 0.682. The van der Waals surface area contributed by atoms with Gasteiger partial charge in [-0.1, -0.05) is 18.2 Å². The molecule has 2 unspecified atom stereocenters. The maximum Gasteiger partial charge on any atom is 0.162 e. The first kappa shape index (κ1) is 16.0. The number of rotatable bonds is 4. The molecule has 1 heterocycles. The lowest BCUT2D eigenvalue weighted by Crippen LogP contribution is -2.07. The molecule has 0 saturated heterocycles. The van der Waals surface area contributed by atoms with Gasteiger partial charge in [-0.05, 0) is 12.1 Å². The van der Waals surface area contributed by atoms with Crippen molar-refractivity contribution in [1.82, 2.24) is 4.98 Å². The molecule has 118 valence electrons. The molecular formula is C17H17NO3P2. The highest BCUT2D eigenvalue weighted by atomic mass is 31.0. The zero-order chi connectivity index (χ0) is 16.4. The molecule has 3 rings (SSSR count). The third-order valence-corrected chi connectivity index (χ3v) is 4.40. The number of hydrogen-bond acceptors (Lipinski definition) is 4. The summed E-state index contributed by atoms with van der Waals surface area (Å²) >= 11 is 0. The van der Waals surface area contributed by atoms with Gasteiger partial charge in [0, 0.05) is 28.3 Å². The third kappa shape index (κ3) is 3.10. The Bertz CT molecular complexity index is 848. The first-order valence-corrected chi connectivity index (χ1v) is 8.12. The highest BCUT2D eigenvalue weighted by Crippen LogP contribution is 2.36. The number of methoxy groups -OCH3 is 2. The second-order valence-corrected chi connectivity index (χ2v) is 6.15. The van der Waals surface area contributed by atoms with Crippen LogP contribution in [0.15, 0.2) is 42.6 Å². The van der Waals surface area contributed by atoms with E-state index in [0.717, 1.165) is 33.0 Å². The van der Waals surface area contributed by atoms with Gasteiger partial charge in [-0.2, -0.15) is 0 Å². The molecule has 2 atom stereocenters. The number of pyridine rings is 1. The van der Waals surface area contributed by atoms with Crippen LogP contribution >= 0.6 is 18.5 Å². The summed E-state index contributed by atoms with van der Waals surface area (Å²) in [5, 5.41) is 2.84. The minimum atomic E-state index is 0.642. The SMILES string of the molecule is COc1cc2nccc(Oc3c(P)cccc3P)c2cc1OC. The van der Waals surface area contributed by atoms with Crippen molar-refractivity contribution >= 4 is 40.0 Å². The van der Waals surface area contributed by atoms with E-state index in [1.54, 1.807) is 20.4 Å². The summed E-state index contributed by atoms with van der Waals surface area (Å²) in [7, 11) is 8.60. The van der Waals surface area contributed by atoms with Gasteiger partial charge in [0.15, 0.2) is 11.5 Å². The molecule has 0 bridgehead atoms. The van der Waals surface area contributed by atoms with Crippen LogP contribution in [0.5, 0.6) is 23.0 Å². The fraction of sp³-hybridized carbons (Fsp3) is 0.118. The van der Waals surface area contributed by atoms with E-state index in [0.29, 0.717) is 11.5 Å². The average molecular weight is 345 g/mol. The van der Waals surface area contributed by atoms with Crippen LogP contribution in [0.3, 0.4) is 0 Å². The van der Waals surface area contributed by atoms with Gasteiger partial charge in [-0.25, -0.2) is 0 Å². The summed E-state index contributed by atoms with van der Waals surface area (Å²) in [5.74, 6) is 2.80. The van der Waals surface area contributed by atoms with E-state index in [4.69, 9.17) is 14.2 Å². The predicted octanol–water partition coefficient (Wildman–Crippen LogP) is 3.05. The van der Waals surface area contributed by atoms with Gasteiger partial charge in [-0.15, -0.1) is 18.5 Å². The summed E-state index contributed by atoms with van der Waals surface area (Å²) in [6.45, 7) is 0. The maximum atomic E-state index is 6.15. The van der Waals surface area contributed by atoms with Gasteiger partial charge in [0.1, 0.15) is 11.5 Å². The molecule has 0 aliphatic heterocycles. The Labute approximate surface area is 139 Å². The summed E-state index contributed by atoms with van der Waals surface area (Å²) in [6.07, 6.45) is 1.72. The van der Waals surface area contributed by atoms with E-state index >= 15 is 0 Å². The number of para-hydroxylation sites is 1. The van der Waals surface area contributed by atoms with Crippen molar-refractivity contribution < 1.29 is 14.2 Å². The van der Waals surface area contributed by atoms with E-state index < -0.39 is 0 Å². The Kier molecular flexibility index (Phi) is 4.66. The molecule has 1 aromatic heterocycles. The van der Waals surface area contributed by atoms with Gasteiger partial charge in [0.2, 0.25) is 0 Å². The highest BCUT2D eigenvalue weighted by Gasteiger charge is 2.13. The molecule has 0 saturated carbocycles. The Morgan fingerprint density at radius 2 is 1.52 bits per heavy atom. The average Bonchev–Trinajstić information content (AvgIpc) is 2.57. The second-order valence-electron chi connectivity index (χ2n) is 4.90. The standard InChI is InChI=1S/C17H17NO3P2/c1-19-13-8-10-11(9-14(13)20-2)18-7-6-12(10)21-17-15(22)4-3-5-16(17)23/h3-9H,22-23H2,1-2H3. The van der Waals surface area contributed by atoms with E-state index in [2.05, 4.69) is 23.5 Å². The maximum absolute atomic E-state index is 6.15. The van der Waals surface area contributed by atoms with E-state index in [1.165, 1.54) is 0 Å². The molecule has 23 heavy (non-hydrogen) atoms. The van der Waals surface area contributed by atoms with E-state index in [9.17, 15) is 0 Å². The largest absolute Gasteiger partial charge is 0.493 e. The topological polar surface area (TPSA) is 40.6 Å². The molecular weight excluding hydrogens is 328 g/mol. The number of hydrogen-bond donors (Lipinski definition) is 0. The summed E-state index contributed by atoms with van der Waals surface area (Å²) in [4.78, 5) is 4.39. The van der Waals surface area contributed by atoms with Crippen LogP contribution in [0.25, 0.3) is 10.9 Å². The summed E-state index contributed by atoms with van der Waals surface area (Å²) < 4.78 is 16.9. The van der Waals surface area contributed by atoms with Gasteiger partial charge in [0.25, 0.3) is 0 Å². The zero-order valence-corrected chi connectivity index (χ0v) is 15.2. The minimum Gasteiger partial charge on any atom is -0.493 e. The molecule has 2 aromatic carbocycles. The smallest absolute Gasteiger partial charge is 0.162 e. The number of nitrogens with zero attached hydrogens (tertiary/aromatic N) is 1. The van der Waals surface area contributed by atoms with Crippen LogP contribution in [-0.4, -0.2) is 19.2 Å². The number of ether oxygens (including phenoxy) is 3. The van der Waals surface area contributed by atoms with Crippen molar-refractivity contribution in [2.24, 2.45) is 0 Å². The van der Waals surface area contributed by atoms with Crippen molar-refractivity contribution in [2.45, 2.75) is 0 Å². The molecule has 4 nitrogen and oxygen atoms in total. The van der Waals surface area contributed by atoms with Crippen LogP contribution in [0, 0.1) is 0 Å². The van der Waals surface area contributed by atoms with Crippen LogP contribution in [-0.2, 0) is 0 Å². The van der Waals surface area contributed by atoms with E-state index in [1.807, 2.05) is 36.4 Å². The first-order valence-electron chi connectivity index (χ1n) is 6.96. The third-order valence-electron chi connectivity index (χ3n) is 3.49. The number of benzene rings is 2.